The fourth-order valence-electron chi connectivity index (χ4n) is 4.86. The summed E-state index contributed by atoms with van der Waals surface area (Å²) < 4.78 is 27.6. The molecule has 0 unspecified atom stereocenters. The predicted molar refractivity (Wildman–Crippen MR) is 151 cm³/mol. The first-order valence-electron chi connectivity index (χ1n) is 11.9. The van der Waals surface area contributed by atoms with Crippen molar-refractivity contribution in [3.05, 3.63) is 64.6 Å². The number of thiazole rings is 1. The second kappa shape index (κ2) is 10.3. The van der Waals surface area contributed by atoms with Gasteiger partial charge in [0.25, 0.3) is 10.0 Å². The maximum Gasteiger partial charge on any atom is 0.263 e. The highest BCUT2D eigenvalue weighted by Crippen LogP contribution is 2.31. The number of hydrogen-bond acceptors (Lipinski definition) is 7. The van der Waals surface area contributed by atoms with E-state index in [0.29, 0.717) is 11.7 Å². The van der Waals surface area contributed by atoms with Gasteiger partial charge in [0, 0.05) is 57.9 Å². The van der Waals surface area contributed by atoms with Crippen LogP contribution in [0, 0.1) is 0 Å². The lowest BCUT2D eigenvalue weighted by molar-refractivity contribution is -0.122. The van der Waals surface area contributed by atoms with Crippen molar-refractivity contribution in [2.45, 2.75) is 43.2 Å². The number of sulfonamides is 1. The molecule has 0 aliphatic carbocycles. The zero-order valence-corrected chi connectivity index (χ0v) is 22.2. The number of nitrogens with zero attached hydrogens (tertiary/aromatic N) is 3. The highest BCUT2D eigenvalue weighted by molar-refractivity contribution is 7.93. The summed E-state index contributed by atoms with van der Waals surface area (Å²) in [7, 11) is -3.68. The Morgan fingerprint density at radius 1 is 1.22 bits per heavy atom. The Labute approximate surface area is 224 Å². The van der Waals surface area contributed by atoms with Crippen LogP contribution in [0.15, 0.2) is 58.9 Å². The molecule has 1 amide bonds. The summed E-state index contributed by atoms with van der Waals surface area (Å²) in [6.45, 7) is 4.25. The molecule has 1 fully saturated rings. The fourth-order valence-corrected chi connectivity index (χ4v) is 6.84. The minimum atomic E-state index is -3.68. The Hall–Kier alpha value is -2.82. The van der Waals surface area contributed by atoms with Crippen LogP contribution in [0.25, 0.3) is 0 Å². The molecule has 3 aromatic rings. The van der Waals surface area contributed by atoms with E-state index in [9.17, 15) is 13.2 Å². The Morgan fingerprint density at radius 2 is 2.03 bits per heavy atom. The maximum atomic E-state index is 13.1. The summed E-state index contributed by atoms with van der Waals surface area (Å²) in [5.41, 5.74) is 3.20. The van der Waals surface area contributed by atoms with E-state index in [0.717, 1.165) is 48.7 Å². The molecule has 0 spiro atoms. The number of aryl methyl sites for hydroxylation is 1. The van der Waals surface area contributed by atoms with Crippen LogP contribution in [0.1, 0.15) is 29.6 Å². The average Bonchev–Trinajstić information content (AvgIpc) is 3.55. The third-order valence-electron chi connectivity index (χ3n) is 6.74. The highest BCUT2D eigenvalue weighted by atomic mass is 35.5. The van der Waals surface area contributed by atoms with Gasteiger partial charge in [-0.1, -0.05) is 11.6 Å². The number of anilines is 3. The van der Waals surface area contributed by atoms with Crippen LogP contribution in [0.3, 0.4) is 0 Å². The number of carbonyl (C=O) groups is 1. The van der Waals surface area contributed by atoms with E-state index >= 15 is 0 Å². The van der Waals surface area contributed by atoms with E-state index in [4.69, 9.17) is 11.6 Å². The average molecular weight is 552 g/mol. The predicted octanol–water partition coefficient (Wildman–Crippen LogP) is 4.87. The molecule has 3 heterocycles. The van der Waals surface area contributed by atoms with E-state index in [1.54, 1.807) is 35.8 Å². The molecule has 36 heavy (non-hydrogen) atoms. The SMILES string of the molecule is C[C@H](C(=O)N[C@H]1CCN(c2ccc(S(=O)(=O)Nc3nccs3)cc2)C1)N1CCCc2cc(Cl)ccc21.[HH].[HH].[HH]. The zero-order chi connectivity index (χ0) is 25.3. The minimum absolute atomic E-state index is 0. The molecule has 1 aromatic heterocycles. The summed E-state index contributed by atoms with van der Waals surface area (Å²) in [6, 6.07) is 12.4. The maximum absolute atomic E-state index is 13.1. The Morgan fingerprint density at radius 3 is 2.78 bits per heavy atom. The van der Waals surface area contributed by atoms with Gasteiger partial charge >= 0.3 is 0 Å². The first kappa shape index (κ1) is 24.9. The number of hydrogen-bond donors (Lipinski definition) is 2. The Kier molecular flexibility index (Phi) is 7.09. The lowest BCUT2D eigenvalue weighted by Crippen LogP contribution is -2.50. The number of amides is 1. The number of carbonyl (C=O) groups excluding carboxylic acids is 1. The van der Waals surface area contributed by atoms with Crippen LogP contribution in [0.2, 0.25) is 5.02 Å². The van der Waals surface area contributed by atoms with Crippen molar-refractivity contribution in [3.63, 3.8) is 0 Å². The standard InChI is InChI=1S/C25H28ClN5O3S2.3H2/c1-17(31-12-2-3-18-15-19(26)4-9-23(18)31)24(32)28-20-10-13-30(16-20)21-5-7-22(8-6-21)36(33,34)29-25-27-11-14-35-25;;;/h4-9,11,14-15,17,20H,2-3,10,12-13,16H2,1H3,(H,27,29)(H,28,32);3*1H/t17-,20+;;;/m1.../s1. The molecule has 1 saturated heterocycles. The van der Waals surface area contributed by atoms with Crippen molar-refractivity contribution < 1.29 is 17.5 Å². The second-order valence-corrected chi connectivity index (χ2v) is 12.1. The quantitative estimate of drug-likeness (QED) is 0.435. The van der Waals surface area contributed by atoms with Gasteiger partial charge in [-0.3, -0.25) is 9.52 Å². The first-order valence-corrected chi connectivity index (χ1v) is 14.7. The third kappa shape index (κ3) is 5.30. The molecule has 2 aliphatic rings. The number of halogens is 1. The molecule has 5 rings (SSSR count). The molecular formula is C25H34ClN5O3S2. The number of aromatic nitrogens is 1. The van der Waals surface area contributed by atoms with Gasteiger partial charge in [-0.25, -0.2) is 13.4 Å². The lowest BCUT2D eigenvalue weighted by atomic mass is 10.00. The van der Waals surface area contributed by atoms with E-state index in [1.807, 2.05) is 25.1 Å². The van der Waals surface area contributed by atoms with Crippen molar-refractivity contribution in [2.75, 3.05) is 34.2 Å². The molecule has 0 radical (unpaired) electrons. The molecule has 2 atom stereocenters. The smallest absolute Gasteiger partial charge is 0.263 e. The minimum Gasteiger partial charge on any atom is -0.369 e. The molecule has 2 aromatic carbocycles. The van der Waals surface area contributed by atoms with Crippen molar-refractivity contribution in [1.82, 2.24) is 10.3 Å². The second-order valence-electron chi connectivity index (χ2n) is 9.12. The van der Waals surface area contributed by atoms with Gasteiger partial charge in [-0.15, -0.1) is 11.3 Å². The lowest BCUT2D eigenvalue weighted by Gasteiger charge is -2.36. The van der Waals surface area contributed by atoms with Gasteiger partial charge < -0.3 is 15.1 Å². The number of rotatable bonds is 7. The van der Waals surface area contributed by atoms with Crippen LogP contribution in [0.4, 0.5) is 16.5 Å². The van der Waals surface area contributed by atoms with Gasteiger partial charge in [0.1, 0.15) is 6.04 Å². The summed E-state index contributed by atoms with van der Waals surface area (Å²) in [5.74, 6) is 0.0133. The van der Waals surface area contributed by atoms with Gasteiger partial charge in [-0.05, 0) is 74.2 Å². The molecule has 2 N–H and O–H groups in total. The summed E-state index contributed by atoms with van der Waals surface area (Å²) in [6.07, 6.45) is 4.35. The van der Waals surface area contributed by atoms with E-state index in [-0.39, 0.29) is 27.2 Å². The zero-order valence-electron chi connectivity index (χ0n) is 19.9. The van der Waals surface area contributed by atoms with Crippen LogP contribution >= 0.6 is 22.9 Å². The number of nitrogens with one attached hydrogen (secondary N) is 2. The Balaban J connectivity index is 0.00000178. The van der Waals surface area contributed by atoms with Crippen molar-refractivity contribution in [2.24, 2.45) is 0 Å². The summed E-state index contributed by atoms with van der Waals surface area (Å²) in [4.78, 5) is 21.6. The van der Waals surface area contributed by atoms with Gasteiger partial charge in [0.05, 0.1) is 4.90 Å². The van der Waals surface area contributed by atoms with Crippen LogP contribution < -0.4 is 19.8 Å². The van der Waals surface area contributed by atoms with Crippen molar-refractivity contribution in [1.29, 1.82) is 0 Å². The number of fused-ring (bicyclic) bond motifs is 1. The fraction of sp³-hybridized carbons (Fsp3) is 0.360. The monoisotopic (exact) mass is 551 g/mol. The van der Waals surface area contributed by atoms with Gasteiger partial charge in [-0.2, -0.15) is 0 Å². The highest BCUT2D eigenvalue weighted by Gasteiger charge is 2.30. The van der Waals surface area contributed by atoms with Crippen LogP contribution in [-0.2, 0) is 21.2 Å². The van der Waals surface area contributed by atoms with E-state index in [2.05, 4.69) is 24.8 Å². The largest absolute Gasteiger partial charge is 0.369 e. The summed E-state index contributed by atoms with van der Waals surface area (Å²) in [5, 5.41) is 5.99. The van der Waals surface area contributed by atoms with Crippen molar-refractivity contribution in [3.8, 4) is 0 Å². The molecule has 8 nitrogen and oxygen atoms in total. The molecule has 196 valence electrons. The summed E-state index contributed by atoms with van der Waals surface area (Å²) >= 11 is 7.39. The topological polar surface area (TPSA) is 94.6 Å². The molecular weight excluding hydrogens is 518 g/mol. The first-order chi connectivity index (χ1) is 17.3. The molecule has 11 heteroatoms. The normalized spacial score (nSPS) is 18.6. The van der Waals surface area contributed by atoms with E-state index in [1.165, 1.54) is 16.9 Å². The molecule has 0 saturated carbocycles. The van der Waals surface area contributed by atoms with Gasteiger partial charge in [0.15, 0.2) is 5.13 Å². The van der Waals surface area contributed by atoms with Crippen molar-refractivity contribution >= 4 is 55.4 Å². The molecule has 0 bridgehead atoms. The third-order valence-corrected chi connectivity index (χ3v) is 9.15. The van der Waals surface area contributed by atoms with Gasteiger partial charge in [0.2, 0.25) is 5.91 Å². The number of benzene rings is 2. The van der Waals surface area contributed by atoms with E-state index < -0.39 is 10.0 Å². The Bertz CT molecular complexity index is 1350. The van der Waals surface area contributed by atoms with Crippen LogP contribution in [-0.4, -0.2) is 51.0 Å². The molecule has 2 aliphatic heterocycles. The van der Waals surface area contributed by atoms with Crippen LogP contribution in [0.5, 0.6) is 0 Å².